The van der Waals surface area contributed by atoms with Gasteiger partial charge in [-0.15, -0.1) is 0 Å². The number of furan rings is 1. The second-order valence-corrected chi connectivity index (χ2v) is 5.38. The van der Waals surface area contributed by atoms with Crippen molar-refractivity contribution in [2.24, 2.45) is 0 Å². The minimum Gasteiger partial charge on any atom is -0.508 e. The fourth-order valence-corrected chi connectivity index (χ4v) is 2.22. The largest absolute Gasteiger partial charge is 0.508 e. The Kier molecular flexibility index (Phi) is 4.15. The summed E-state index contributed by atoms with van der Waals surface area (Å²) in [6, 6.07) is 18.0. The van der Waals surface area contributed by atoms with Crippen molar-refractivity contribution in [3.8, 4) is 17.1 Å². The van der Waals surface area contributed by atoms with Crippen molar-refractivity contribution in [3.05, 3.63) is 77.6 Å². The number of phenolic OH excluding ortho intramolecular Hbond substituents is 1. The minimum absolute atomic E-state index is 0.191. The van der Waals surface area contributed by atoms with E-state index in [4.69, 9.17) is 4.42 Å². The van der Waals surface area contributed by atoms with Crippen LogP contribution in [-0.2, 0) is 6.54 Å². The third-order valence-electron chi connectivity index (χ3n) is 3.56. The standard InChI is InChI=1S/C19H17NO3/c1-13-2-4-14(5-3-13)12-20-19(22)18-11-10-17(23-18)15-6-8-16(21)9-7-15/h2-11,21H,12H2,1H3,(H,20,22). The van der Waals surface area contributed by atoms with Gasteiger partial charge in [-0.2, -0.15) is 0 Å². The van der Waals surface area contributed by atoms with Crippen LogP contribution in [0.2, 0.25) is 0 Å². The van der Waals surface area contributed by atoms with Crippen molar-refractivity contribution < 1.29 is 14.3 Å². The molecule has 0 saturated carbocycles. The molecule has 0 aliphatic carbocycles. The summed E-state index contributed by atoms with van der Waals surface area (Å²) in [6.45, 7) is 2.48. The van der Waals surface area contributed by atoms with Gasteiger partial charge in [-0.25, -0.2) is 0 Å². The van der Waals surface area contributed by atoms with Crippen molar-refractivity contribution in [2.75, 3.05) is 0 Å². The average molecular weight is 307 g/mol. The lowest BCUT2D eigenvalue weighted by Crippen LogP contribution is -2.22. The molecule has 4 heteroatoms. The second kappa shape index (κ2) is 6.40. The Hall–Kier alpha value is -3.01. The summed E-state index contributed by atoms with van der Waals surface area (Å²) in [5, 5.41) is 12.1. The topological polar surface area (TPSA) is 62.5 Å². The van der Waals surface area contributed by atoms with Crippen LogP contribution in [0.1, 0.15) is 21.7 Å². The summed E-state index contributed by atoms with van der Waals surface area (Å²) in [5.74, 6) is 0.789. The van der Waals surface area contributed by atoms with Crippen LogP contribution in [0.5, 0.6) is 5.75 Å². The molecule has 4 nitrogen and oxygen atoms in total. The minimum atomic E-state index is -0.254. The van der Waals surface area contributed by atoms with Crippen molar-refractivity contribution in [2.45, 2.75) is 13.5 Å². The van der Waals surface area contributed by atoms with E-state index in [1.165, 1.54) is 5.56 Å². The van der Waals surface area contributed by atoms with E-state index in [0.717, 1.165) is 11.1 Å². The van der Waals surface area contributed by atoms with E-state index in [1.807, 2.05) is 31.2 Å². The Bertz CT molecular complexity index is 801. The Labute approximate surface area is 134 Å². The number of amides is 1. The molecule has 0 spiro atoms. The highest BCUT2D eigenvalue weighted by atomic mass is 16.3. The molecule has 3 rings (SSSR count). The number of phenols is 1. The fourth-order valence-electron chi connectivity index (χ4n) is 2.22. The van der Waals surface area contributed by atoms with Crippen LogP contribution in [0.4, 0.5) is 0 Å². The Morgan fingerprint density at radius 1 is 1.00 bits per heavy atom. The fraction of sp³-hybridized carbons (Fsp3) is 0.105. The molecule has 0 saturated heterocycles. The maximum atomic E-state index is 12.1. The zero-order chi connectivity index (χ0) is 16.2. The van der Waals surface area contributed by atoms with E-state index >= 15 is 0 Å². The smallest absolute Gasteiger partial charge is 0.287 e. The van der Waals surface area contributed by atoms with Gasteiger partial charge < -0.3 is 14.8 Å². The van der Waals surface area contributed by atoms with Crippen molar-refractivity contribution in [1.29, 1.82) is 0 Å². The first-order chi connectivity index (χ1) is 11.1. The van der Waals surface area contributed by atoms with E-state index in [0.29, 0.717) is 12.3 Å². The average Bonchev–Trinajstić information content (AvgIpc) is 3.05. The Balaban J connectivity index is 1.66. The van der Waals surface area contributed by atoms with Gasteiger partial charge in [-0.05, 0) is 48.9 Å². The van der Waals surface area contributed by atoms with Crippen LogP contribution < -0.4 is 5.32 Å². The van der Waals surface area contributed by atoms with E-state index in [2.05, 4.69) is 5.32 Å². The SMILES string of the molecule is Cc1ccc(CNC(=O)c2ccc(-c3ccc(O)cc3)o2)cc1. The number of benzene rings is 2. The second-order valence-electron chi connectivity index (χ2n) is 5.38. The molecule has 0 radical (unpaired) electrons. The molecule has 0 bridgehead atoms. The van der Waals surface area contributed by atoms with Crippen LogP contribution in [0.15, 0.2) is 65.1 Å². The molecular formula is C19H17NO3. The first-order valence-electron chi connectivity index (χ1n) is 7.35. The molecule has 0 aliphatic rings. The summed E-state index contributed by atoms with van der Waals surface area (Å²) in [6.07, 6.45) is 0. The normalized spacial score (nSPS) is 10.5. The van der Waals surface area contributed by atoms with Crippen molar-refractivity contribution >= 4 is 5.91 Å². The number of rotatable bonds is 4. The van der Waals surface area contributed by atoms with E-state index < -0.39 is 0 Å². The van der Waals surface area contributed by atoms with Gasteiger partial charge in [0.05, 0.1) is 0 Å². The van der Waals surface area contributed by atoms with Crippen molar-refractivity contribution in [1.82, 2.24) is 5.32 Å². The van der Waals surface area contributed by atoms with Gasteiger partial charge in [0.15, 0.2) is 5.76 Å². The van der Waals surface area contributed by atoms with Gasteiger partial charge in [0.25, 0.3) is 5.91 Å². The summed E-state index contributed by atoms with van der Waals surface area (Å²) in [7, 11) is 0. The molecule has 1 heterocycles. The number of carbonyl (C=O) groups is 1. The lowest BCUT2D eigenvalue weighted by atomic mass is 10.1. The number of aromatic hydroxyl groups is 1. The summed E-state index contributed by atoms with van der Waals surface area (Å²) >= 11 is 0. The van der Waals surface area contributed by atoms with Gasteiger partial charge in [0.2, 0.25) is 0 Å². The third kappa shape index (κ3) is 3.61. The van der Waals surface area contributed by atoms with Gasteiger partial charge in [0, 0.05) is 12.1 Å². The lowest BCUT2D eigenvalue weighted by molar-refractivity contribution is 0.0924. The quantitative estimate of drug-likeness (QED) is 0.768. The molecule has 3 aromatic rings. The maximum absolute atomic E-state index is 12.1. The molecule has 23 heavy (non-hydrogen) atoms. The number of hydrogen-bond donors (Lipinski definition) is 2. The van der Waals surface area contributed by atoms with Gasteiger partial charge >= 0.3 is 0 Å². The summed E-state index contributed by atoms with van der Waals surface area (Å²) in [4.78, 5) is 12.1. The highest BCUT2D eigenvalue weighted by molar-refractivity contribution is 5.92. The van der Waals surface area contributed by atoms with Gasteiger partial charge in [-0.1, -0.05) is 29.8 Å². The first kappa shape index (κ1) is 14.9. The van der Waals surface area contributed by atoms with E-state index in [1.54, 1.807) is 36.4 Å². The zero-order valence-electron chi connectivity index (χ0n) is 12.7. The van der Waals surface area contributed by atoms with Crippen LogP contribution in [0.25, 0.3) is 11.3 Å². The van der Waals surface area contributed by atoms with Crippen LogP contribution in [0.3, 0.4) is 0 Å². The Morgan fingerprint density at radius 2 is 1.70 bits per heavy atom. The number of nitrogens with one attached hydrogen (secondary N) is 1. The molecule has 0 atom stereocenters. The van der Waals surface area contributed by atoms with Crippen molar-refractivity contribution in [3.63, 3.8) is 0 Å². The summed E-state index contributed by atoms with van der Waals surface area (Å²) < 4.78 is 5.59. The summed E-state index contributed by atoms with van der Waals surface area (Å²) in [5.41, 5.74) is 3.03. The van der Waals surface area contributed by atoms with E-state index in [9.17, 15) is 9.90 Å². The molecule has 116 valence electrons. The monoisotopic (exact) mass is 307 g/mol. The van der Waals surface area contributed by atoms with E-state index in [-0.39, 0.29) is 17.4 Å². The predicted molar refractivity (Wildman–Crippen MR) is 88.2 cm³/mol. The van der Waals surface area contributed by atoms with Gasteiger partial charge in [0.1, 0.15) is 11.5 Å². The maximum Gasteiger partial charge on any atom is 0.287 e. The molecule has 1 aromatic heterocycles. The molecule has 0 fully saturated rings. The van der Waals surface area contributed by atoms with Crippen LogP contribution in [0, 0.1) is 6.92 Å². The highest BCUT2D eigenvalue weighted by Crippen LogP contribution is 2.24. The molecule has 0 unspecified atom stereocenters. The van der Waals surface area contributed by atoms with Crippen LogP contribution in [-0.4, -0.2) is 11.0 Å². The van der Waals surface area contributed by atoms with Gasteiger partial charge in [-0.3, -0.25) is 4.79 Å². The molecule has 1 amide bonds. The lowest BCUT2D eigenvalue weighted by Gasteiger charge is -2.04. The molecule has 0 aliphatic heterocycles. The number of aryl methyl sites for hydroxylation is 1. The third-order valence-corrected chi connectivity index (χ3v) is 3.56. The highest BCUT2D eigenvalue weighted by Gasteiger charge is 2.12. The van der Waals surface area contributed by atoms with Crippen LogP contribution >= 0.6 is 0 Å². The zero-order valence-corrected chi connectivity index (χ0v) is 12.7. The first-order valence-corrected chi connectivity index (χ1v) is 7.35. The molecule has 2 aromatic carbocycles. The number of hydrogen-bond acceptors (Lipinski definition) is 3. The molecule has 2 N–H and O–H groups in total. The Morgan fingerprint density at radius 3 is 2.39 bits per heavy atom. The molecular weight excluding hydrogens is 290 g/mol. The predicted octanol–water partition coefficient (Wildman–Crippen LogP) is 3.89. The number of carbonyl (C=O) groups excluding carboxylic acids is 1.